The van der Waals surface area contributed by atoms with Crippen molar-refractivity contribution in [1.29, 1.82) is 0 Å². The van der Waals surface area contributed by atoms with Crippen molar-refractivity contribution in [3.63, 3.8) is 0 Å². The quantitative estimate of drug-likeness (QED) is 0.399. The van der Waals surface area contributed by atoms with Gasteiger partial charge in [0, 0.05) is 6.07 Å². The number of halogens is 7. The summed E-state index contributed by atoms with van der Waals surface area (Å²) >= 11 is 0. The van der Waals surface area contributed by atoms with Crippen molar-refractivity contribution in [3.05, 3.63) is 71.2 Å². The predicted molar refractivity (Wildman–Crippen MR) is 112 cm³/mol. The maximum Gasteiger partial charge on any atom is 0.573 e. The molecule has 37 heavy (non-hydrogen) atoms. The first-order valence-corrected chi connectivity index (χ1v) is 9.79. The van der Waals surface area contributed by atoms with Crippen LogP contribution in [-0.2, 0) is 6.18 Å². The van der Waals surface area contributed by atoms with Gasteiger partial charge in [0.05, 0.1) is 12.7 Å². The van der Waals surface area contributed by atoms with Crippen LogP contribution in [0.25, 0.3) is 0 Å². The summed E-state index contributed by atoms with van der Waals surface area (Å²) < 4.78 is 106. The van der Waals surface area contributed by atoms with Crippen LogP contribution in [0.15, 0.2) is 48.5 Å². The topological polar surface area (TPSA) is 113 Å². The first-order valence-electron chi connectivity index (χ1n) is 9.79. The van der Waals surface area contributed by atoms with E-state index in [0.717, 1.165) is 31.4 Å². The van der Waals surface area contributed by atoms with Gasteiger partial charge in [-0.1, -0.05) is 6.07 Å². The van der Waals surface area contributed by atoms with Gasteiger partial charge >= 0.3 is 12.5 Å². The third kappa shape index (κ3) is 6.56. The van der Waals surface area contributed by atoms with Crippen LogP contribution in [0.1, 0.15) is 26.4 Å². The van der Waals surface area contributed by atoms with Crippen LogP contribution in [-0.4, -0.2) is 30.3 Å². The smallest absolute Gasteiger partial charge is 0.493 e. The Kier molecular flexibility index (Phi) is 7.45. The highest BCUT2D eigenvalue weighted by Gasteiger charge is 2.38. The van der Waals surface area contributed by atoms with Gasteiger partial charge < -0.3 is 25.3 Å². The summed E-state index contributed by atoms with van der Waals surface area (Å²) in [7, 11) is 1.04. The SMILES string of the molecule is COc1cc(OC(F)(F)F)ccc1Oc1ccc(C(F)(F)F)c(F)c1C(=O)Nc1cccc(C(N)=O)n1. The fourth-order valence-corrected chi connectivity index (χ4v) is 2.94. The van der Waals surface area contributed by atoms with Crippen molar-refractivity contribution in [2.45, 2.75) is 12.5 Å². The zero-order valence-corrected chi connectivity index (χ0v) is 18.3. The molecule has 3 aromatic rings. The molecule has 3 rings (SSSR count). The number of carbonyl (C=O) groups excluding carboxylic acids is 2. The molecule has 0 aliphatic carbocycles. The third-order valence-electron chi connectivity index (χ3n) is 4.47. The van der Waals surface area contributed by atoms with Crippen molar-refractivity contribution in [2.75, 3.05) is 12.4 Å². The fraction of sp³-hybridized carbons (Fsp3) is 0.136. The van der Waals surface area contributed by atoms with Crippen LogP contribution in [0.2, 0.25) is 0 Å². The Balaban J connectivity index is 2.05. The number of rotatable bonds is 7. The molecule has 2 aromatic carbocycles. The van der Waals surface area contributed by atoms with Crippen molar-refractivity contribution in [2.24, 2.45) is 5.73 Å². The number of hydrogen-bond donors (Lipinski definition) is 2. The lowest BCUT2D eigenvalue weighted by molar-refractivity contribution is -0.274. The van der Waals surface area contributed by atoms with Gasteiger partial charge in [-0.3, -0.25) is 9.59 Å². The highest BCUT2D eigenvalue weighted by atomic mass is 19.4. The summed E-state index contributed by atoms with van der Waals surface area (Å²) in [4.78, 5) is 27.8. The van der Waals surface area contributed by atoms with E-state index in [9.17, 15) is 40.3 Å². The maximum atomic E-state index is 15.0. The Morgan fingerprint density at radius 1 is 0.946 bits per heavy atom. The van der Waals surface area contributed by atoms with Gasteiger partial charge in [0.2, 0.25) is 0 Å². The molecule has 0 fully saturated rings. The van der Waals surface area contributed by atoms with Crippen molar-refractivity contribution < 1.29 is 54.5 Å². The van der Waals surface area contributed by atoms with E-state index in [4.69, 9.17) is 15.2 Å². The van der Waals surface area contributed by atoms with E-state index in [0.29, 0.717) is 12.1 Å². The van der Waals surface area contributed by atoms with E-state index in [1.165, 1.54) is 12.1 Å². The molecular weight excluding hydrogens is 519 g/mol. The van der Waals surface area contributed by atoms with E-state index >= 15 is 0 Å². The van der Waals surface area contributed by atoms with Gasteiger partial charge in [0.1, 0.15) is 28.6 Å². The number of alkyl halides is 6. The molecule has 0 aliphatic heterocycles. The molecular formula is C22H14F7N3O5. The van der Waals surface area contributed by atoms with E-state index < -0.39 is 52.8 Å². The van der Waals surface area contributed by atoms with E-state index in [1.54, 1.807) is 0 Å². The summed E-state index contributed by atoms with van der Waals surface area (Å²) in [6, 6.07) is 6.98. The van der Waals surface area contributed by atoms with Gasteiger partial charge in [-0.05, 0) is 36.4 Å². The second kappa shape index (κ2) is 10.2. The number of methoxy groups -OCH3 is 1. The molecule has 8 nitrogen and oxygen atoms in total. The van der Waals surface area contributed by atoms with Gasteiger partial charge in [0.25, 0.3) is 11.8 Å². The summed E-state index contributed by atoms with van der Waals surface area (Å²) in [6.07, 6.45) is -10.2. The molecule has 0 aliphatic rings. The molecule has 196 valence electrons. The number of pyridine rings is 1. The first-order chi connectivity index (χ1) is 17.2. The third-order valence-corrected chi connectivity index (χ3v) is 4.47. The molecule has 0 saturated carbocycles. The molecule has 0 saturated heterocycles. The van der Waals surface area contributed by atoms with Crippen LogP contribution < -0.4 is 25.3 Å². The molecule has 1 aromatic heterocycles. The molecule has 2 amide bonds. The summed E-state index contributed by atoms with van der Waals surface area (Å²) in [6.45, 7) is 0. The number of aromatic nitrogens is 1. The number of benzene rings is 2. The summed E-state index contributed by atoms with van der Waals surface area (Å²) in [5, 5.41) is 2.04. The lowest BCUT2D eigenvalue weighted by Crippen LogP contribution is -2.20. The van der Waals surface area contributed by atoms with Crippen molar-refractivity contribution in [3.8, 4) is 23.0 Å². The monoisotopic (exact) mass is 533 g/mol. The second-order valence-corrected chi connectivity index (χ2v) is 6.99. The lowest BCUT2D eigenvalue weighted by Gasteiger charge is -2.17. The summed E-state index contributed by atoms with van der Waals surface area (Å²) in [5.74, 6) is -7.03. The molecule has 0 bridgehead atoms. The average Bonchev–Trinajstić information content (AvgIpc) is 2.78. The van der Waals surface area contributed by atoms with Crippen LogP contribution in [0, 0.1) is 5.82 Å². The van der Waals surface area contributed by atoms with Crippen molar-refractivity contribution in [1.82, 2.24) is 4.98 Å². The van der Waals surface area contributed by atoms with Gasteiger partial charge in [-0.2, -0.15) is 13.2 Å². The van der Waals surface area contributed by atoms with E-state index in [-0.39, 0.29) is 23.0 Å². The molecule has 0 unspecified atom stereocenters. The highest BCUT2D eigenvalue weighted by Crippen LogP contribution is 2.40. The Bertz CT molecular complexity index is 1340. The number of carbonyl (C=O) groups is 2. The van der Waals surface area contributed by atoms with Crippen molar-refractivity contribution >= 4 is 17.6 Å². The molecule has 1 heterocycles. The standard InChI is InChI=1S/C22H14F7N3O5/c1-35-15-9-10(37-22(27,28)29)5-7-13(15)36-14-8-6-11(21(24,25)26)18(23)17(14)20(34)32-16-4-2-3-12(31-16)19(30)33/h2-9H,1H3,(H2,30,33)(H,31,32,34). The zero-order chi connectivity index (χ0) is 27.5. The lowest BCUT2D eigenvalue weighted by atomic mass is 10.1. The Labute approximate surface area is 202 Å². The Hall–Kier alpha value is -4.56. The number of nitrogens with zero attached hydrogens (tertiary/aromatic N) is 1. The van der Waals surface area contributed by atoms with E-state index in [1.807, 2.05) is 5.32 Å². The number of amides is 2. The predicted octanol–water partition coefficient (Wildman–Crippen LogP) is 5.29. The van der Waals surface area contributed by atoms with Gasteiger partial charge in [-0.25, -0.2) is 9.37 Å². The number of nitrogens with one attached hydrogen (secondary N) is 1. The maximum absolute atomic E-state index is 15.0. The van der Waals surface area contributed by atoms with Crippen LogP contribution in [0.4, 0.5) is 36.6 Å². The number of ether oxygens (including phenoxy) is 3. The van der Waals surface area contributed by atoms with Crippen LogP contribution in [0.5, 0.6) is 23.0 Å². The minimum absolute atomic E-state index is 0.301. The number of nitrogens with two attached hydrogens (primary N) is 1. The van der Waals surface area contributed by atoms with Crippen LogP contribution >= 0.6 is 0 Å². The first kappa shape index (κ1) is 27.0. The fourth-order valence-electron chi connectivity index (χ4n) is 2.94. The summed E-state index contributed by atoms with van der Waals surface area (Å²) in [5.41, 5.74) is 1.77. The minimum atomic E-state index is -5.20. The molecule has 0 spiro atoms. The van der Waals surface area contributed by atoms with Gasteiger partial charge in [-0.15, -0.1) is 13.2 Å². The van der Waals surface area contributed by atoms with Crippen LogP contribution in [0.3, 0.4) is 0 Å². The van der Waals surface area contributed by atoms with Gasteiger partial charge in [0.15, 0.2) is 17.3 Å². The molecule has 0 radical (unpaired) electrons. The molecule has 0 atom stereocenters. The molecule has 15 heteroatoms. The normalized spacial score (nSPS) is 11.6. The minimum Gasteiger partial charge on any atom is -0.493 e. The average molecular weight is 533 g/mol. The Morgan fingerprint density at radius 2 is 1.62 bits per heavy atom. The second-order valence-electron chi connectivity index (χ2n) is 6.99. The Morgan fingerprint density at radius 3 is 2.22 bits per heavy atom. The zero-order valence-electron chi connectivity index (χ0n) is 18.3. The largest absolute Gasteiger partial charge is 0.573 e. The van der Waals surface area contributed by atoms with E-state index in [2.05, 4.69) is 9.72 Å². The molecule has 3 N–H and O–H groups in total. The number of hydrogen-bond acceptors (Lipinski definition) is 6. The number of anilines is 1. The number of primary amides is 1. The highest BCUT2D eigenvalue weighted by molar-refractivity contribution is 6.06.